The van der Waals surface area contributed by atoms with E-state index in [2.05, 4.69) is 5.32 Å². The number of carbonyl (C=O) groups excluding carboxylic acids is 2. The van der Waals surface area contributed by atoms with Crippen molar-refractivity contribution in [2.24, 2.45) is 5.73 Å². The summed E-state index contributed by atoms with van der Waals surface area (Å²) in [5.41, 5.74) is 12.6. The van der Waals surface area contributed by atoms with Crippen molar-refractivity contribution in [3.63, 3.8) is 0 Å². The number of benzene rings is 8. The quantitative estimate of drug-likeness (QED) is 0.131. The topological polar surface area (TPSA) is 190 Å². The summed E-state index contributed by atoms with van der Waals surface area (Å²) >= 11 is 24.4. The van der Waals surface area contributed by atoms with Crippen LogP contribution in [0.5, 0.6) is 46.0 Å². The van der Waals surface area contributed by atoms with Gasteiger partial charge in [-0.1, -0.05) is 119 Å². The van der Waals surface area contributed by atoms with E-state index < -0.39 is 29.8 Å². The second-order valence-corrected chi connectivity index (χ2v) is 22.9. The minimum Gasteiger partial charge on any atom is -0.481 e. The first-order chi connectivity index (χ1) is 40.5. The molecule has 0 spiro atoms. The zero-order valence-corrected chi connectivity index (χ0v) is 48.6. The number of nitrogens with two attached hydrogens (primary N) is 1. The van der Waals surface area contributed by atoms with Crippen LogP contribution in [0.1, 0.15) is 92.0 Å². The van der Waals surface area contributed by atoms with Crippen LogP contribution in [0.4, 0.5) is 0 Å². The molecule has 0 saturated carbocycles. The number of fused-ring (bicyclic) bond motifs is 14. The lowest BCUT2D eigenvalue weighted by Crippen LogP contribution is -2.28. The third-order valence-corrected chi connectivity index (χ3v) is 17.1. The number of likely N-dealkylation sites (tertiary alicyclic amines) is 2. The number of carbonyl (C=O) groups is 4. The van der Waals surface area contributed by atoms with Crippen LogP contribution in [0, 0.1) is 0 Å². The molecule has 18 heteroatoms. The smallest absolute Gasteiger partial charge is 0.313 e. The molecule has 6 heterocycles. The number of rotatable bonds is 4. The highest BCUT2D eigenvalue weighted by Gasteiger charge is 2.46. The van der Waals surface area contributed by atoms with Crippen molar-refractivity contribution in [1.82, 2.24) is 15.1 Å². The molecule has 0 aromatic heterocycles. The predicted molar refractivity (Wildman–Crippen MR) is 322 cm³/mol. The summed E-state index contributed by atoms with van der Waals surface area (Å²) in [6.07, 6.45) is 0. The number of hydrogen-bond donors (Lipinski definition) is 4. The Labute approximate surface area is 505 Å². The molecule has 14 rings (SSSR count). The summed E-state index contributed by atoms with van der Waals surface area (Å²) in [6.45, 7) is 1.59. The van der Waals surface area contributed by atoms with Crippen LogP contribution in [0.15, 0.2) is 170 Å². The molecule has 0 aliphatic carbocycles. The Morgan fingerprint density at radius 1 is 0.464 bits per heavy atom. The lowest BCUT2D eigenvalue weighted by atomic mass is 9.81. The van der Waals surface area contributed by atoms with Gasteiger partial charge in [0.2, 0.25) is 11.8 Å². The highest BCUT2D eigenvalue weighted by molar-refractivity contribution is 6.31. The monoisotopic (exact) mass is 1200 g/mol. The number of nitrogens with one attached hydrogen (secondary N) is 1. The van der Waals surface area contributed by atoms with E-state index in [1.54, 1.807) is 77.5 Å². The van der Waals surface area contributed by atoms with Crippen LogP contribution >= 0.6 is 46.4 Å². The Bertz CT molecular complexity index is 3710. The molecule has 0 unspecified atom stereocenters. The maximum Gasteiger partial charge on any atom is 0.313 e. The van der Waals surface area contributed by atoms with E-state index in [1.807, 2.05) is 123 Å². The summed E-state index contributed by atoms with van der Waals surface area (Å²) in [6, 6.07) is 51.3. The first-order valence-corrected chi connectivity index (χ1v) is 28.6. The number of amides is 2. The number of hydrogen-bond acceptors (Lipinski definition) is 10. The standard InChI is InChI=1S/2C17H14ClNO2.2C16H14ClNO3/c1-19-9-13-12-8-10(18)6-7-15(12)21-14-5-3-2-4-11(14)16(13)17(19)20;1-19-9-13-11-4-2-3-5-14(11)21-15-7-6-10(18)8-12(15)16(13)17(19)20;1-18-15-10-4-2-3-5-12(10)21-13-7-6-9(17)8-11(13)14(15)16(19)20;17-9-5-6-14-11(7-9)12(8-18)15(16(19)20)10-3-1-2-4-13(10)21-14/h2*2-8,13,16H,9H2,1H3;2-8,14-15,18H,1H3,(H,19,20);1-7,12,15H,8,18H2,(H,19,20)/t2*13-,16-;14-,15-;12-,15-/m1111/s1. The molecular weight excluding hydrogens is 1150 g/mol. The third kappa shape index (κ3) is 11.1. The third-order valence-electron chi connectivity index (χ3n) is 16.2. The Hall–Kier alpha value is -8.08. The second-order valence-electron chi connectivity index (χ2n) is 21.1. The van der Waals surface area contributed by atoms with Crippen LogP contribution in [0.2, 0.25) is 20.1 Å². The van der Waals surface area contributed by atoms with Crippen molar-refractivity contribution in [1.29, 1.82) is 0 Å². The molecular formula is C66H56Cl4N4O10. The Balaban J connectivity index is 0.000000117. The van der Waals surface area contributed by atoms with Gasteiger partial charge in [0, 0.05) is 116 Å². The molecule has 0 bridgehead atoms. The fourth-order valence-electron chi connectivity index (χ4n) is 12.3. The molecule has 2 amide bonds. The van der Waals surface area contributed by atoms with Gasteiger partial charge in [-0.2, -0.15) is 0 Å². The Kier molecular flexibility index (Phi) is 16.7. The van der Waals surface area contributed by atoms with Crippen molar-refractivity contribution in [3.05, 3.63) is 234 Å². The summed E-state index contributed by atoms with van der Waals surface area (Å²) in [5, 5.41) is 24.8. The molecule has 2 fully saturated rings. The maximum absolute atomic E-state index is 12.6. The molecule has 14 nitrogen and oxygen atoms in total. The summed E-state index contributed by atoms with van der Waals surface area (Å²) in [5.74, 6) is 1.74. The number of carboxylic acid groups (broad SMARTS) is 2. The first-order valence-electron chi connectivity index (χ1n) is 27.1. The van der Waals surface area contributed by atoms with E-state index in [-0.39, 0.29) is 47.9 Å². The zero-order valence-electron chi connectivity index (χ0n) is 45.5. The van der Waals surface area contributed by atoms with Crippen LogP contribution in [-0.4, -0.2) is 84.5 Å². The number of para-hydroxylation sites is 4. The first kappa shape index (κ1) is 57.7. The minimum absolute atomic E-state index is 0.0832. The average molecular weight is 1210 g/mol. The van der Waals surface area contributed by atoms with E-state index in [4.69, 9.17) is 71.1 Å². The van der Waals surface area contributed by atoms with Crippen molar-refractivity contribution in [2.45, 2.75) is 47.5 Å². The van der Waals surface area contributed by atoms with E-state index in [0.29, 0.717) is 67.3 Å². The lowest BCUT2D eigenvalue weighted by Gasteiger charge is -2.22. The molecule has 8 aromatic rings. The van der Waals surface area contributed by atoms with Crippen LogP contribution in [0.3, 0.4) is 0 Å². The van der Waals surface area contributed by atoms with Gasteiger partial charge in [0.15, 0.2) is 0 Å². The van der Waals surface area contributed by atoms with E-state index in [9.17, 15) is 29.4 Å². The number of ether oxygens (including phenoxy) is 4. The van der Waals surface area contributed by atoms with Gasteiger partial charge in [-0.3, -0.25) is 19.2 Å². The second kappa shape index (κ2) is 24.3. The minimum atomic E-state index is -0.922. The maximum atomic E-state index is 12.6. The Morgan fingerprint density at radius 3 is 1.31 bits per heavy atom. The lowest BCUT2D eigenvalue weighted by molar-refractivity contribution is -0.140. The predicted octanol–water partition coefficient (Wildman–Crippen LogP) is 14.5. The molecule has 84 heavy (non-hydrogen) atoms. The average Bonchev–Trinajstić information content (AvgIpc) is 3.92. The molecule has 2 saturated heterocycles. The molecule has 0 radical (unpaired) electrons. The van der Waals surface area contributed by atoms with Gasteiger partial charge >= 0.3 is 11.9 Å². The van der Waals surface area contributed by atoms with Crippen molar-refractivity contribution in [2.75, 3.05) is 40.8 Å². The number of aliphatic carboxylic acids is 2. The Morgan fingerprint density at radius 2 is 0.810 bits per heavy atom. The zero-order chi connectivity index (χ0) is 59.1. The van der Waals surface area contributed by atoms with Gasteiger partial charge in [-0.15, -0.1) is 0 Å². The van der Waals surface area contributed by atoms with E-state index in [1.165, 1.54) is 0 Å². The SMILES string of the molecule is CN1C[C@@H]2c3cc(Cl)ccc3Oc3ccccc3[C@H]2C1=O.CN1C[C@@H]2c3ccccc3Oc3ccc(Cl)cc3[C@H]2C1=O.CN[C@@H]1c2ccccc2Oc2ccc(Cl)cc2[C@H]1C(=O)O.NC[C@@H]1c2cc(Cl)ccc2Oc2ccccc2[C@H]1C(=O)O. The summed E-state index contributed by atoms with van der Waals surface area (Å²) in [7, 11) is 5.45. The van der Waals surface area contributed by atoms with Gasteiger partial charge in [0.05, 0.1) is 23.8 Å². The molecule has 6 aliphatic rings. The van der Waals surface area contributed by atoms with Crippen molar-refractivity contribution >= 4 is 70.2 Å². The van der Waals surface area contributed by atoms with E-state index in [0.717, 1.165) is 56.4 Å². The summed E-state index contributed by atoms with van der Waals surface area (Å²) in [4.78, 5) is 52.4. The molecule has 8 atom stereocenters. The fourth-order valence-corrected chi connectivity index (χ4v) is 13.1. The molecule has 8 aromatic carbocycles. The van der Waals surface area contributed by atoms with E-state index >= 15 is 0 Å². The van der Waals surface area contributed by atoms with Crippen LogP contribution < -0.4 is 30.0 Å². The largest absolute Gasteiger partial charge is 0.481 e. The van der Waals surface area contributed by atoms with Gasteiger partial charge in [-0.05, 0) is 104 Å². The van der Waals surface area contributed by atoms with Gasteiger partial charge in [0.1, 0.15) is 51.9 Å². The highest BCUT2D eigenvalue weighted by Crippen LogP contribution is 2.53. The normalized spacial score (nSPS) is 21.4. The highest BCUT2D eigenvalue weighted by atomic mass is 35.5. The van der Waals surface area contributed by atoms with Gasteiger partial charge in [-0.25, -0.2) is 0 Å². The molecule has 428 valence electrons. The number of halogens is 4. The number of likely N-dealkylation sites (N-methyl/N-ethyl adjacent to an activating group) is 3. The van der Waals surface area contributed by atoms with Crippen LogP contribution in [0.25, 0.3) is 0 Å². The number of nitrogens with zero attached hydrogens (tertiary/aromatic N) is 2. The molecule has 6 aliphatic heterocycles. The number of carboxylic acids is 2. The van der Waals surface area contributed by atoms with Crippen molar-refractivity contribution in [3.8, 4) is 46.0 Å². The summed E-state index contributed by atoms with van der Waals surface area (Å²) < 4.78 is 23.9. The fraction of sp³-hybridized carbons (Fsp3) is 0.212. The van der Waals surface area contributed by atoms with Gasteiger partial charge < -0.3 is 50.0 Å². The van der Waals surface area contributed by atoms with Gasteiger partial charge in [0.25, 0.3) is 0 Å². The van der Waals surface area contributed by atoms with Crippen LogP contribution in [-0.2, 0) is 19.2 Å². The molecule has 5 N–H and O–H groups in total. The van der Waals surface area contributed by atoms with Crippen molar-refractivity contribution < 1.29 is 48.3 Å².